The van der Waals surface area contributed by atoms with Gasteiger partial charge in [0.15, 0.2) is 11.5 Å². The number of aryl methyl sites for hydroxylation is 3. The van der Waals surface area contributed by atoms with Crippen molar-refractivity contribution < 1.29 is 22.4 Å². The van der Waals surface area contributed by atoms with Crippen molar-refractivity contribution in [3.63, 3.8) is 0 Å². The minimum atomic E-state index is -3.64. The van der Waals surface area contributed by atoms with Gasteiger partial charge >= 0.3 is 0 Å². The van der Waals surface area contributed by atoms with E-state index in [0.717, 1.165) is 15.4 Å². The van der Waals surface area contributed by atoms with E-state index >= 15 is 0 Å². The summed E-state index contributed by atoms with van der Waals surface area (Å²) in [5.74, 6) is -0.102. The molecular formula is C17H22N2O5S2. The van der Waals surface area contributed by atoms with Crippen molar-refractivity contribution in [1.82, 2.24) is 9.46 Å². The Hall–Kier alpha value is -1.26. The Morgan fingerprint density at radius 2 is 1.77 bits per heavy atom. The molecule has 0 unspecified atom stereocenters. The molecule has 4 rings (SSSR count). The van der Waals surface area contributed by atoms with Gasteiger partial charge in [-0.05, 0) is 20.8 Å². The fourth-order valence-corrected chi connectivity index (χ4v) is 6.98. The van der Waals surface area contributed by atoms with Crippen LogP contribution in [-0.4, -0.2) is 50.0 Å². The Kier molecular flexibility index (Phi) is 4.47. The highest BCUT2D eigenvalue weighted by Crippen LogP contribution is 2.42. The maximum absolute atomic E-state index is 13.4. The van der Waals surface area contributed by atoms with E-state index in [4.69, 9.17) is 14.0 Å². The van der Waals surface area contributed by atoms with Crippen LogP contribution < -0.4 is 0 Å². The second kappa shape index (κ2) is 6.42. The van der Waals surface area contributed by atoms with E-state index in [0.29, 0.717) is 55.4 Å². The van der Waals surface area contributed by atoms with Crippen molar-refractivity contribution in [2.45, 2.75) is 44.3 Å². The number of hydrogen-bond donors (Lipinski definition) is 0. The maximum Gasteiger partial charge on any atom is 0.244 e. The van der Waals surface area contributed by atoms with Gasteiger partial charge in [-0.3, -0.25) is 0 Å². The zero-order chi connectivity index (χ0) is 18.5. The van der Waals surface area contributed by atoms with Crippen LogP contribution in [0.4, 0.5) is 0 Å². The monoisotopic (exact) mass is 398 g/mol. The second-order valence-electron chi connectivity index (χ2n) is 6.76. The van der Waals surface area contributed by atoms with Crippen LogP contribution in [-0.2, 0) is 19.5 Å². The molecule has 0 aliphatic carbocycles. The highest BCUT2D eigenvalue weighted by atomic mass is 32.2. The quantitative estimate of drug-likeness (QED) is 0.791. The summed E-state index contributed by atoms with van der Waals surface area (Å²) in [5, 5.41) is 3.92. The molecule has 0 bridgehead atoms. The fraction of sp³-hybridized carbons (Fsp3) is 0.588. The summed E-state index contributed by atoms with van der Waals surface area (Å²) in [5.41, 5.74) is 1.35. The molecule has 0 radical (unpaired) electrons. The molecule has 4 heterocycles. The van der Waals surface area contributed by atoms with E-state index in [-0.39, 0.29) is 0 Å². The molecule has 0 aromatic carbocycles. The van der Waals surface area contributed by atoms with Crippen molar-refractivity contribution in [1.29, 1.82) is 0 Å². The first-order chi connectivity index (χ1) is 12.3. The fourth-order valence-electron chi connectivity index (χ4n) is 3.72. The summed E-state index contributed by atoms with van der Waals surface area (Å²) in [6.07, 6.45) is 1.09. The number of hydrogen-bond acceptors (Lipinski definition) is 7. The van der Waals surface area contributed by atoms with Crippen LogP contribution >= 0.6 is 11.3 Å². The van der Waals surface area contributed by atoms with Crippen LogP contribution in [0.25, 0.3) is 11.3 Å². The van der Waals surface area contributed by atoms with Gasteiger partial charge in [0.1, 0.15) is 4.90 Å². The molecule has 26 heavy (non-hydrogen) atoms. The molecule has 0 amide bonds. The summed E-state index contributed by atoms with van der Waals surface area (Å²) in [7, 11) is -3.64. The molecule has 1 spiro atoms. The SMILES string of the molecule is Cc1cc(-c2c(C)sc(C)c2S(=O)(=O)N2CCC3(CC2)OCCO3)on1. The van der Waals surface area contributed by atoms with Crippen molar-refractivity contribution >= 4 is 21.4 Å². The predicted molar refractivity (Wildman–Crippen MR) is 96.7 cm³/mol. The molecular weight excluding hydrogens is 376 g/mol. The Bertz CT molecular complexity index is 915. The van der Waals surface area contributed by atoms with E-state index in [9.17, 15) is 8.42 Å². The standard InChI is InChI=1S/C17H22N2O5S2/c1-11-10-14(24-18-11)15-12(2)25-13(3)16(15)26(20,21)19-6-4-17(5-7-19)22-8-9-23-17/h10H,4-9H2,1-3H3. The van der Waals surface area contributed by atoms with E-state index in [1.165, 1.54) is 15.6 Å². The van der Waals surface area contributed by atoms with Crippen molar-refractivity contribution in [3.05, 3.63) is 21.5 Å². The highest BCUT2D eigenvalue weighted by Gasteiger charge is 2.44. The van der Waals surface area contributed by atoms with Gasteiger partial charge in [-0.25, -0.2) is 8.42 Å². The summed E-state index contributed by atoms with van der Waals surface area (Å²) in [6, 6.07) is 1.78. The number of piperidine rings is 1. The van der Waals surface area contributed by atoms with Crippen molar-refractivity contribution in [3.8, 4) is 11.3 Å². The number of sulfonamides is 1. The number of rotatable bonds is 3. The van der Waals surface area contributed by atoms with Gasteiger partial charge in [0.05, 0.1) is 24.5 Å². The van der Waals surface area contributed by atoms with Crippen LogP contribution in [0.3, 0.4) is 0 Å². The van der Waals surface area contributed by atoms with E-state index < -0.39 is 15.8 Å². The van der Waals surface area contributed by atoms with Gasteiger partial charge in [0.2, 0.25) is 10.0 Å². The van der Waals surface area contributed by atoms with Crippen LogP contribution in [0.15, 0.2) is 15.5 Å². The number of aromatic nitrogens is 1. The van der Waals surface area contributed by atoms with Gasteiger partial charge in [0.25, 0.3) is 0 Å². The lowest BCUT2D eigenvalue weighted by Crippen LogP contribution is -2.47. The highest BCUT2D eigenvalue weighted by molar-refractivity contribution is 7.89. The Labute approximate surface area is 156 Å². The third-order valence-electron chi connectivity index (χ3n) is 4.98. The van der Waals surface area contributed by atoms with Gasteiger partial charge in [-0.1, -0.05) is 5.16 Å². The zero-order valence-corrected chi connectivity index (χ0v) is 16.7. The summed E-state index contributed by atoms with van der Waals surface area (Å²) in [6.45, 7) is 7.48. The Balaban J connectivity index is 1.69. The lowest BCUT2D eigenvalue weighted by atomic mass is 10.1. The third-order valence-corrected chi connectivity index (χ3v) is 8.20. The lowest BCUT2D eigenvalue weighted by Gasteiger charge is -2.36. The van der Waals surface area contributed by atoms with Gasteiger partial charge < -0.3 is 14.0 Å². The van der Waals surface area contributed by atoms with Crippen LogP contribution in [0.2, 0.25) is 0 Å². The predicted octanol–water partition coefficient (Wildman–Crippen LogP) is 2.86. The van der Waals surface area contributed by atoms with Gasteiger partial charge in [-0.15, -0.1) is 11.3 Å². The minimum Gasteiger partial charge on any atom is -0.356 e. The Morgan fingerprint density at radius 3 is 2.35 bits per heavy atom. The molecule has 2 aliphatic rings. The lowest BCUT2D eigenvalue weighted by molar-refractivity contribution is -0.179. The van der Waals surface area contributed by atoms with E-state index in [1.807, 2.05) is 20.8 Å². The van der Waals surface area contributed by atoms with Crippen LogP contribution in [0.5, 0.6) is 0 Å². The average molecular weight is 399 g/mol. The number of nitrogens with zero attached hydrogens (tertiary/aromatic N) is 2. The molecule has 2 fully saturated rings. The molecule has 142 valence electrons. The molecule has 2 aromatic heterocycles. The van der Waals surface area contributed by atoms with E-state index in [2.05, 4.69) is 5.16 Å². The maximum atomic E-state index is 13.4. The smallest absolute Gasteiger partial charge is 0.244 e. The average Bonchev–Trinajstić information content (AvgIpc) is 3.28. The molecule has 2 saturated heterocycles. The molecule has 2 aromatic rings. The topological polar surface area (TPSA) is 81.9 Å². The van der Waals surface area contributed by atoms with E-state index in [1.54, 1.807) is 6.07 Å². The summed E-state index contributed by atoms with van der Waals surface area (Å²) < 4.78 is 45.2. The third kappa shape index (κ3) is 2.91. The molecule has 0 N–H and O–H groups in total. The van der Waals surface area contributed by atoms with Crippen molar-refractivity contribution in [2.75, 3.05) is 26.3 Å². The van der Waals surface area contributed by atoms with Gasteiger partial charge in [0, 0.05) is 41.8 Å². The zero-order valence-electron chi connectivity index (χ0n) is 15.1. The molecule has 9 heteroatoms. The number of ether oxygens (including phenoxy) is 2. The van der Waals surface area contributed by atoms with Crippen LogP contribution in [0.1, 0.15) is 28.3 Å². The molecule has 0 atom stereocenters. The first kappa shape index (κ1) is 18.1. The first-order valence-electron chi connectivity index (χ1n) is 8.64. The Morgan fingerprint density at radius 1 is 1.12 bits per heavy atom. The summed E-state index contributed by atoms with van der Waals surface area (Å²) in [4.78, 5) is 2.01. The molecule has 7 nitrogen and oxygen atoms in total. The first-order valence-corrected chi connectivity index (χ1v) is 10.9. The number of thiophene rings is 1. The minimum absolute atomic E-state index is 0.334. The second-order valence-corrected chi connectivity index (χ2v) is 10.1. The normalized spacial score (nSPS) is 20.9. The largest absolute Gasteiger partial charge is 0.356 e. The van der Waals surface area contributed by atoms with Gasteiger partial charge in [-0.2, -0.15) is 4.31 Å². The van der Waals surface area contributed by atoms with Crippen LogP contribution in [0, 0.1) is 20.8 Å². The summed E-state index contributed by atoms with van der Waals surface area (Å²) >= 11 is 1.47. The van der Waals surface area contributed by atoms with Crippen molar-refractivity contribution in [2.24, 2.45) is 0 Å². The molecule has 2 aliphatic heterocycles. The molecule has 0 saturated carbocycles.